The number of aliphatic imine (C=N–C) groups is 1. The summed E-state index contributed by atoms with van der Waals surface area (Å²) in [7, 11) is 1.73. The van der Waals surface area contributed by atoms with Crippen LogP contribution in [0.1, 0.15) is 45.1 Å². The van der Waals surface area contributed by atoms with E-state index in [2.05, 4.69) is 34.8 Å². The maximum atomic E-state index is 13.4. The molecule has 3 N–H and O–H groups in total. The number of rotatable bonds is 8. The molecule has 0 bridgehead atoms. The third-order valence-electron chi connectivity index (χ3n) is 4.95. The third-order valence-corrected chi connectivity index (χ3v) is 4.95. The van der Waals surface area contributed by atoms with Crippen LogP contribution in [0.3, 0.4) is 0 Å². The lowest BCUT2D eigenvalue weighted by molar-refractivity contribution is -0.127. The number of carbonyl (C=O) groups excluding carboxylic acids is 1. The molecule has 0 aromatic heterocycles. The van der Waals surface area contributed by atoms with Gasteiger partial charge in [-0.25, -0.2) is 4.39 Å². The van der Waals surface area contributed by atoms with Crippen LogP contribution < -0.4 is 16.0 Å². The van der Waals surface area contributed by atoms with Gasteiger partial charge in [0.05, 0.1) is 0 Å². The summed E-state index contributed by atoms with van der Waals surface area (Å²) in [4.78, 5) is 16.0. The van der Waals surface area contributed by atoms with Gasteiger partial charge in [0.1, 0.15) is 5.82 Å². The lowest BCUT2D eigenvalue weighted by Gasteiger charge is -2.27. The molecule has 0 atom stereocenters. The Morgan fingerprint density at radius 3 is 2.58 bits per heavy atom. The van der Waals surface area contributed by atoms with Crippen LogP contribution in [-0.2, 0) is 10.2 Å². The number of guanidine groups is 1. The fourth-order valence-corrected chi connectivity index (χ4v) is 2.86. The molecule has 6 heteroatoms. The van der Waals surface area contributed by atoms with E-state index >= 15 is 0 Å². The molecule has 1 fully saturated rings. The molecule has 26 heavy (non-hydrogen) atoms. The van der Waals surface area contributed by atoms with Crippen LogP contribution in [0.25, 0.3) is 0 Å². The molecule has 0 aliphatic heterocycles. The van der Waals surface area contributed by atoms with Crippen LogP contribution in [0, 0.1) is 11.7 Å². The van der Waals surface area contributed by atoms with Gasteiger partial charge in [0.15, 0.2) is 5.96 Å². The Kier molecular flexibility index (Phi) is 7.42. The zero-order chi connectivity index (χ0) is 19.0. The molecule has 0 saturated heterocycles. The molecule has 1 aromatic carbocycles. The molecule has 1 saturated carbocycles. The summed E-state index contributed by atoms with van der Waals surface area (Å²) >= 11 is 0. The van der Waals surface area contributed by atoms with Gasteiger partial charge in [-0.05, 0) is 37.0 Å². The first-order chi connectivity index (χ1) is 12.4. The average molecular weight is 362 g/mol. The molecule has 0 unspecified atom stereocenters. The van der Waals surface area contributed by atoms with Crippen molar-refractivity contribution in [2.75, 3.05) is 26.7 Å². The number of benzene rings is 1. The summed E-state index contributed by atoms with van der Waals surface area (Å²) in [5.74, 6) is 0.917. The van der Waals surface area contributed by atoms with Gasteiger partial charge in [0.2, 0.25) is 5.91 Å². The highest BCUT2D eigenvalue weighted by atomic mass is 19.1. The summed E-state index contributed by atoms with van der Waals surface area (Å²) in [6, 6.07) is 6.70. The second-order valence-corrected chi connectivity index (χ2v) is 7.52. The SMILES string of the molecule is CN=C(NCCCNC(=O)C1CCC1)NCC(C)(C)c1cccc(F)c1. The van der Waals surface area contributed by atoms with E-state index in [1.165, 1.54) is 12.5 Å². The molecule has 1 aliphatic carbocycles. The van der Waals surface area contributed by atoms with Gasteiger partial charge in [0.25, 0.3) is 0 Å². The van der Waals surface area contributed by atoms with Crippen molar-refractivity contribution in [2.45, 2.75) is 44.9 Å². The number of halogens is 1. The van der Waals surface area contributed by atoms with E-state index in [-0.39, 0.29) is 23.1 Å². The Balaban J connectivity index is 1.67. The Hall–Kier alpha value is -2.11. The van der Waals surface area contributed by atoms with Crippen LogP contribution in [0.2, 0.25) is 0 Å². The first-order valence-corrected chi connectivity index (χ1v) is 9.40. The molecule has 0 radical (unpaired) electrons. The molecular formula is C20H31FN4O. The third kappa shape index (κ3) is 6.00. The zero-order valence-corrected chi connectivity index (χ0v) is 16.1. The van der Waals surface area contributed by atoms with Crippen LogP contribution in [0.5, 0.6) is 0 Å². The Morgan fingerprint density at radius 2 is 1.96 bits per heavy atom. The van der Waals surface area contributed by atoms with Gasteiger partial charge in [0, 0.05) is 38.0 Å². The molecule has 0 spiro atoms. The minimum Gasteiger partial charge on any atom is -0.356 e. The Labute approximate surface area is 155 Å². The highest BCUT2D eigenvalue weighted by Crippen LogP contribution is 2.26. The normalized spacial score (nSPS) is 15.3. The fourth-order valence-electron chi connectivity index (χ4n) is 2.86. The van der Waals surface area contributed by atoms with Crippen molar-refractivity contribution in [3.8, 4) is 0 Å². The van der Waals surface area contributed by atoms with E-state index in [0.717, 1.165) is 31.4 Å². The van der Waals surface area contributed by atoms with Crippen LogP contribution in [0.15, 0.2) is 29.3 Å². The molecule has 2 rings (SSSR count). The van der Waals surface area contributed by atoms with Crippen LogP contribution in [0.4, 0.5) is 4.39 Å². The molecule has 144 valence electrons. The second kappa shape index (κ2) is 9.55. The van der Waals surface area contributed by atoms with Crippen molar-refractivity contribution >= 4 is 11.9 Å². The van der Waals surface area contributed by atoms with Gasteiger partial charge >= 0.3 is 0 Å². The monoisotopic (exact) mass is 362 g/mol. The maximum absolute atomic E-state index is 13.4. The summed E-state index contributed by atoms with van der Waals surface area (Å²) in [5.41, 5.74) is 0.718. The minimum absolute atomic E-state index is 0.190. The van der Waals surface area contributed by atoms with E-state index in [4.69, 9.17) is 0 Å². The van der Waals surface area contributed by atoms with Crippen molar-refractivity contribution in [2.24, 2.45) is 10.9 Å². The number of hydrogen-bond acceptors (Lipinski definition) is 2. The highest BCUT2D eigenvalue weighted by molar-refractivity contribution is 5.80. The van der Waals surface area contributed by atoms with Gasteiger partial charge in [-0.3, -0.25) is 9.79 Å². The van der Waals surface area contributed by atoms with Crippen molar-refractivity contribution in [3.05, 3.63) is 35.6 Å². The summed E-state index contributed by atoms with van der Waals surface area (Å²) < 4.78 is 13.4. The van der Waals surface area contributed by atoms with E-state index in [9.17, 15) is 9.18 Å². The van der Waals surface area contributed by atoms with Gasteiger partial charge < -0.3 is 16.0 Å². The molecule has 1 aliphatic rings. The largest absolute Gasteiger partial charge is 0.356 e. The molecule has 1 aromatic rings. The molecule has 0 heterocycles. The first kappa shape index (κ1) is 20.2. The zero-order valence-electron chi connectivity index (χ0n) is 16.1. The minimum atomic E-state index is -0.226. The van der Waals surface area contributed by atoms with Gasteiger partial charge in [-0.2, -0.15) is 0 Å². The standard InChI is InChI=1S/C20H31FN4O/c1-20(2,16-9-5-10-17(21)13-16)14-25-19(22-3)24-12-6-11-23-18(26)15-7-4-8-15/h5,9-10,13,15H,4,6-8,11-12,14H2,1-3H3,(H,23,26)(H2,22,24,25). The predicted molar refractivity (Wildman–Crippen MR) is 104 cm³/mol. The number of nitrogens with one attached hydrogen (secondary N) is 3. The molecule has 5 nitrogen and oxygen atoms in total. The van der Waals surface area contributed by atoms with Crippen molar-refractivity contribution in [1.82, 2.24) is 16.0 Å². The summed E-state index contributed by atoms with van der Waals surface area (Å²) in [6.45, 7) is 6.17. The quantitative estimate of drug-likeness (QED) is 0.378. The van der Waals surface area contributed by atoms with E-state index in [1.807, 2.05) is 6.07 Å². The fraction of sp³-hybridized carbons (Fsp3) is 0.600. The summed E-state index contributed by atoms with van der Waals surface area (Å²) in [5, 5.41) is 9.53. The van der Waals surface area contributed by atoms with E-state index in [0.29, 0.717) is 19.0 Å². The number of hydrogen-bond donors (Lipinski definition) is 3. The maximum Gasteiger partial charge on any atom is 0.223 e. The van der Waals surface area contributed by atoms with E-state index < -0.39 is 0 Å². The lowest BCUT2D eigenvalue weighted by Crippen LogP contribution is -2.44. The number of carbonyl (C=O) groups is 1. The van der Waals surface area contributed by atoms with E-state index in [1.54, 1.807) is 19.2 Å². The van der Waals surface area contributed by atoms with Crippen molar-refractivity contribution in [1.29, 1.82) is 0 Å². The lowest BCUT2D eigenvalue weighted by atomic mass is 9.84. The molecular weight excluding hydrogens is 331 g/mol. The Bertz CT molecular complexity index is 626. The topological polar surface area (TPSA) is 65.5 Å². The number of amides is 1. The average Bonchev–Trinajstić information content (AvgIpc) is 2.55. The van der Waals surface area contributed by atoms with Crippen molar-refractivity contribution < 1.29 is 9.18 Å². The second-order valence-electron chi connectivity index (χ2n) is 7.52. The molecule has 1 amide bonds. The smallest absolute Gasteiger partial charge is 0.223 e. The number of nitrogens with zero attached hydrogens (tertiary/aromatic N) is 1. The predicted octanol–water partition coefficient (Wildman–Crippen LogP) is 2.57. The Morgan fingerprint density at radius 1 is 1.23 bits per heavy atom. The van der Waals surface area contributed by atoms with Crippen molar-refractivity contribution in [3.63, 3.8) is 0 Å². The van der Waals surface area contributed by atoms with Gasteiger partial charge in [-0.1, -0.05) is 32.4 Å². The summed E-state index contributed by atoms with van der Waals surface area (Å²) in [6.07, 6.45) is 4.07. The first-order valence-electron chi connectivity index (χ1n) is 9.40. The van der Waals surface area contributed by atoms with Crippen LogP contribution >= 0.6 is 0 Å². The van der Waals surface area contributed by atoms with Gasteiger partial charge in [-0.15, -0.1) is 0 Å². The highest BCUT2D eigenvalue weighted by Gasteiger charge is 2.24. The van der Waals surface area contributed by atoms with Crippen LogP contribution in [-0.4, -0.2) is 38.5 Å².